The number of ketones is 2. The molecule has 4 rings (SSSR count). The van der Waals surface area contributed by atoms with Crippen LogP contribution in [0.2, 0.25) is 0 Å². The monoisotopic (exact) mass is 474 g/mol. The zero-order chi connectivity index (χ0) is 23.2. The number of hydrogen-bond donors (Lipinski definition) is 0. The van der Waals surface area contributed by atoms with Crippen molar-refractivity contribution in [2.75, 3.05) is 0 Å². The molecule has 0 aromatic rings. The van der Waals surface area contributed by atoms with Gasteiger partial charge in [0.2, 0.25) is 0 Å². The molecule has 33 heavy (non-hydrogen) atoms. The number of carbonyl (C=O) groups excluding carboxylic acids is 2. The first kappa shape index (κ1) is 23.9. The summed E-state index contributed by atoms with van der Waals surface area (Å²) >= 11 is 3.33. The van der Waals surface area contributed by atoms with E-state index in [0.717, 1.165) is 54.8 Å². The van der Waals surface area contributed by atoms with Crippen molar-refractivity contribution in [2.24, 2.45) is 11.8 Å². The van der Waals surface area contributed by atoms with Gasteiger partial charge in [-0.2, -0.15) is 0 Å². The highest BCUT2D eigenvalue weighted by Gasteiger charge is 2.49. The molecular formula is C29H30O2S2. The summed E-state index contributed by atoms with van der Waals surface area (Å²) < 4.78 is 0. The Hall–Kier alpha value is -2.22. The van der Waals surface area contributed by atoms with Crippen LogP contribution >= 0.6 is 23.5 Å². The van der Waals surface area contributed by atoms with Gasteiger partial charge in [-0.25, -0.2) is 0 Å². The third-order valence-corrected chi connectivity index (χ3v) is 8.98. The first-order valence-electron chi connectivity index (χ1n) is 11.9. The fourth-order valence-electron chi connectivity index (χ4n) is 4.92. The number of thioether (sulfide) groups is 2. The highest BCUT2D eigenvalue weighted by molar-refractivity contribution is 8.07. The number of carbonyl (C=O) groups is 2. The van der Waals surface area contributed by atoms with Gasteiger partial charge < -0.3 is 0 Å². The molecule has 0 spiro atoms. The van der Waals surface area contributed by atoms with Gasteiger partial charge in [0.15, 0.2) is 11.6 Å². The summed E-state index contributed by atoms with van der Waals surface area (Å²) in [5.74, 6) is 2.07. The van der Waals surface area contributed by atoms with E-state index in [1.165, 1.54) is 4.91 Å². The molecule has 0 amide bonds. The van der Waals surface area contributed by atoms with E-state index < -0.39 is 0 Å². The van der Waals surface area contributed by atoms with Crippen LogP contribution in [0.5, 0.6) is 0 Å². The summed E-state index contributed by atoms with van der Waals surface area (Å²) in [7, 11) is 0. The van der Waals surface area contributed by atoms with E-state index in [-0.39, 0.29) is 34.2 Å². The normalized spacial score (nSPS) is 27.6. The van der Waals surface area contributed by atoms with Crippen molar-refractivity contribution in [1.29, 1.82) is 0 Å². The van der Waals surface area contributed by atoms with Crippen molar-refractivity contribution in [3.8, 4) is 12.3 Å². The molecule has 0 saturated heterocycles. The third-order valence-electron chi connectivity index (χ3n) is 6.44. The second kappa shape index (κ2) is 11.3. The topological polar surface area (TPSA) is 34.1 Å². The molecule has 4 heteroatoms. The Labute approximate surface area is 206 Å². The SMILES string of the molecule is C#CC1=C(/C(=C\CC)SC2=CCCC=C2)C(=O)C2C(SC3=CCC=CC=C3)CCC[C@H]2C1=O. The van der Waals surface area contributed by atoms with Crippen molar-refractivity contribution in [1.82, 2.24) is 0 Å². The standard InChI is InChI=1S/C29H30O2S2/c1-3-13-24(32-20-16-10-7-11-17-20)26-22(4-2)28(30)23-18-12-19-25(27(23)29(26)31)33-21-14-8-5-6-9-15-21/h2,5-6,8,10,13-17,23,25,27H,3,7,9,11-12,18-19H2,1H3/b24-13+/t23-,25?,27?/m1/s1. The van der Waals surface area contributed by atoms with Gasteiger partial charge in [-0.15, -0.1) is 18.2 Å². The zero-order valence-corrected chi connectivity index (χ0v) is 20.7. The minimum atomic E-state index is -0.314. The van der Waals surface area contributed by atoms with E-state index in [9.17, 15) is 9.59 Å². The summed E-state index contributed by atoms with van der Waals surface area (Å²) in [4.78, 5) is 30.8. The minimum absolute atomic E-state index is 0.00905. The Morgan fingerprint density at radius 1 is 1.09 bits per heavy atom. The molecule has 1 fully saturated rings. The van der Waals surface area contributed by atoms with Gasteiger partial charge in [-0.1, -0.05) is 79.6 Å². The minimum Gasteiger partial charge on any atom is -0.294 e. The summed E-state index contributed by atoms with van der Waals surface area (Å²) in [6.45, 7) is 2.05. The molecule has 0 bridgehead atoms. The van der Waals surface area contributed by atoms with Crippen molar-refractivity contribution < 1.29 is 9.59 Å². The molecular weight excluding hydrogens is 444 g/mol. The average molecular weight is 475 g/mol. The summed E-state index contributed by atoms with van der Waals surface area (Å²) in [5, 5.41) is 0.0881. The Morgan fingerprint density at radius 3 is 2.73 bits per heavy atom. The number of hydrogen-bond acceptors (Lipinski definition) is 4. The van der Waals surface area contributed by atoms with Gasteiger partial charge in [0.05, 0.1) is 11.1 Å². The van der Waals surface area contributed by atoms with Crippen LogP contribution in [0.25, 0.3) is 0 Å². The van der Waals surface area contributed by atoms with Gasteiger partial charge in [0.1, 0.15) is 0 Å². The summed E-state index contributed by atoms with van der Waals surface area (Å²) in [6, 6.07) is 0. The van der Waals surface area contributed by atoms with E-state index in [1.54, 1.807) is 23.5 Å². The molecule has 4 aliphatic rings. The van der Waals surface area contributed by atoms with Crippen LogP contribution in [-0.2, 0) is 9.59 Å². The van der Waals surface area contributed by atoms with Crippen molar-refractivity contribution >= 4 is 35.1 Å². The number of Topliss-reactive ketones (excluding diaryl/α,β-unsaturated/α-hetero) is 2. The second-order valence-corrected chi connectivity index (χ2v) is 11.1. The fourth-order valence-corrected chi connectivity index (χ4v) is 7.53. The molecule has 3 atom stereocenters. The van der Waals surface area contributed by atoms with E-state index in [1.807, 2.05) is 6.08 Å². The average Bonchev–Trinajstić information content (AvgIpc) is 3.10. The van der Waals surface area contributed by atoms with Crippen LogP contribution in [0.15, 0.2) is 80.5 Å². The smallest absolute Gasteiger partial charge is 0.175 e. The second-order valence-electron chi connectivity index (χ2n) is 8.64. The molecule has 0 N–H and O–H groups in total. The van der Waals surface area contributed by atoms with Crippen LogP contribution in [-0.4, -0.2) is 16.8 Å². The van der Waals surface area contributed by atoms with Crippen molar-refractivity contribution in [2.45, 2.75) is 57.1 Å². The Bertz CT molecular complexity index is 1070. The number of terminal acetylenes is 1. The molecule has 2 nitrogen and oxygen atoms in total. The molecule has 0 aromatic heterocycles. The van der Waals surface area contributed by atoms with Crippen molar-refractivity contribution in [3.63, 3.8) is 0 Å². The van der Waals surface area contributed by atoms with Gasteiger partial charge in [-0.05, 0) is 44.6 Å². The molecule has 2 unspecified atom stereocenters. The predicted octanol–water partition coefficient (Wildman–Crippen LogP) is 7.25. The lowest BCUT2D eigenvalue weighted by Crippen LogP contribution is -2.45. The number of rotatable bonds is 6. The Morgan fingerprint density at radius 2 is 1.97 bits per heavy atom. The Kier molecular flexibility index (Phi) is 8.17. The van der Waals surface area contributed by atoms with Gasteiger partial charge >= 0.3 is 0 Å². The van der Waals surface area contributed by atoms with Crippen molar-refractivity contribution in [3.05, 3.63) is 80.5 Å². The van der Waals surface area contributed by atoms with E-state index in [2.05, 4.69) is 61.5 Å². The quantitative estimate of drug-likeness (QED) is 0.380. The molecule has 0 radical (unpaired) electrons. The third kappa shape index (κ3) is 5.31. The first-order valence-corrected chi connectivity index (χ1v) is 13.6. The maximum atomic E-state index is 14.1. The van der Waals surface area contributed by atoms with Gasteiger partial charge in [0, 0.05) is 31.8 Å². The maximum Gasteiger partial charge on any atom is 0.175 e. The molecule has 1 saturated carbocycles. The molecule has 0 heterocycles. The van der Waals surface area contributed by atoms with Gasteiger partial charge in [-0.3, -0.25) is 9.59 Å². The summed E-state index contributed by atoms with van der Waals surface area (Å²) in [6.07, 6.45) is 31.2. The molecule has 4 aliphatic carbocycles. The maximum absolute atomic E-state index is 14.1. The van der Waals surface area contributed by atoms with Crippen LogP contribution in [0.1, 0.15) is 51.9 Å². The van der Waals surface area contributed by atoms with E-state index >= 15 is 0 Å². The number of allylic oxidation sites excluding steroid dienone is 11. The van der Waals surface area contributed by atoms with Crippen LogP contribution in [0.4, 0.5) is 0 Å². The highest BCUT2D eigenvalue weighted by atomic mass is 32.2. The van der Waals surface area contributed by atoms with Crippen LogP contribution in [0, 0.1) is 24.2 Å². The highest BCUT2D eigenvalue weighted by Crippen LogP contribution is 2.48. The predicted molar refractivity (Wildman–Crippen MR) is 141 cm³/mol. The van der Waals surface area contributed by atoms with Crippen LogP contribution in [0.3, 0.4) is 0 Å². The van der Waals surface area contributed by atoms with Gasteiger partial charge in [0.25, 0.3) is 0 Å². The molecule has 0 aliphatic heterocycles. The summed E-state index contributed by atoms with van der Waals surface area (Å²) in [5.41, 5.74) is 0.771. The lowest BCUT2D eigenvalue weighted by atomic mass is 9.67. The lowest BCUT2D eigenvalue weighted by Gasteiger charge is -2.40. The lowest BCUT2D eigenvalue weighted by molar-refractivity contribution is -0.131. The molecule has 0 aromatic carbocycles. The largest absolute Gasteiger partial charge is 0.294 e. The van der Waals surface area contributed by atoms with E-state index in [4.69, 9.17) is 6.42 Å². The Balaban J connectivity index is 1.70. The zero-order valence-electron chi connectivity index (χ0n) is 19.1. The number of fused-ring (bicyclic) bond motifs is 1. The van der Waals surface area contributed by atoms with Crippen LogP contribution < -0.4 is 0 Å². The molecule has 170 valence electrons. The fraction of sp³-hybridized carbons (Fsp3) is 0.379. The first-order chi connectivity index (χ1) is 16.1. The van der Waals surface area contributed by atoms with E-state index in [0.29, 0.717) is 5.57 Å².